The highest BCUT2D eigenvalue weighted by Crippen LogP contribution is 2.33. The highest BCUT2D eigenvalue weighted by molar-refractivity contribution is 7.10. The van der Waals surface area contributed by atoms with Gasteiger partial charge in [-0.1, -0.05) is 37.6 Å². The van der Waals surface area contributed by atoms with Crippen LogP contribution in [0, 0.1) is 5.92 Å². The fraction of sp³-hybridized carbons (Fsp3) is 0.267. The maximum Gasteiger partial charge on any atom is 0.339 e. The van der Waals surface area contributed by atoms with Gasteiger partial charge in [-0.05, 0) is 29.5 Å². The minimum Gasteiger partial charge on any atom is -0.478 e. The minimum absolute atomic E-state index is 0.0616. The van der Waals surface area contributed by atoms with Gasteiger partial charge in [0.15, 0.2) is 0 Å². The van der Waals surface area contributed by atoms with Crippen LogP contribution in [0.2, 0.25) is 5.02 Å². The standard InChI is InChI=1S/C15H16ClNO2S/c1-9(2)14(12-7-4-8-20-12)17-11-6-3-5-10(16)13(11)15(18)19/h3-9,14,17H,1-2H3,(H,18,19). The lowest BCUT2D eigenvalue weighted by atomic mass is 10.0. The van der Waals surface area contributed by atoms with Crippen molar-refractivity contribution in [2.24, 2.45) is 5.92 Å². The second kappa shape index (κ2) is 6.29. The zero-order chi connectivity index (χ0) is 14.7. The van der Waals surface area contributed by atoms with Gasteiger partial charge in [-0.25, -0.2) is 4.79 Å². The van der Waals surface area contributed by atoms with Crippen molar-refractivity contribution in [3.05, 3.63) is 51.2 Å². The second-order valence-corrected chi connectivity index (χ2v) is 6.24. The van der Waals surface area contributed by atoms with Crippen LogP contribution in [-0.4, -0.2) is 11.1 Å². The number of carbonyl (C=O) groups is 1. The Kier molecular flexibility index (Phi) is 4.68. The van der Waals surface area contributed by atoms with Crippen molar-refractivity contribution in [2.45, 2.75) is 19.9 Å². The zero-order valence-electron chi connectivity index (χ0n) is 11.3. The lowest BCUT2D eigenvalue weighted by Crippen LogP contribution is -2.17. The Bertz CT molecular complexity index is 596. The summed E-state index contributed by atoms with van der Waals surface area (Å²) in [7, 11) is 0. The summed E-state index contributed by atoms with van der Waals surface area (Å²) in [6.45, 7) is 4.20. The Labute approximate surface area is 127 Å². The van der Waals surface area contributed by atoms with Crippen LogP contribution in [0.15, 0.2) is 35.7 Å². The number of halogens is 1. The van der Waals surface area contributed by atoms with Crippen LogP contribution in [-0.2, 0) is 0 Å². The van der Waals surface area contributed by atoms with Gasteiger partial charge in [0.2, 0.25) is 0 Å². The molecule has 3 nitrogen and oxygen atoms in total. The van der Waals surface area contributed by atoms with Crippen molar-refractivity contribution in [1.82, 2.24) is 0 Å². The van der Waals surface area contributed by atoms with E-state index in [9.17, 15) is 9.90 Å². The van der Waals surface area contributed by atoms with E-state index in [2.05, 4.69) is 19.2 Å². The summed E-state index contributed by atoms with van der Waals surface area (Å²) < 4.78 is 0. The molecule has 0 spiro atoms. The van der Waals surface area contributed by atoms with Gasteiger partial charge in [-0.15, -0.1) is 11.3 Å². The van der Waals surface area contributed by atoms with Gasteiger partial charge in [0.25, 0.3) is 0 Å². The number of hydrogen-bond acceptors (Lipinski definition) is 3. The van der Waals surface area contributed by atoms with E-state index in [1.807, 2.05) is 17.5 Å². The Hall–Kier alpha value is -1.52. The Morgan fingerprint density at radius 2 is 2.05 bits per heavy atom. The number of aromatic carboxylic acids is 1. The number of nitrogens with one attached hydrogen (secondary N) is 1. The average molecular weight is 310 g/mol. The maximum absolute atomic E-state index is 11.4. The van der Waals surface area contributed by atoms with E-state index in [0.717, 1.165) is 0 Å². The molecule has 1 unspecified atom stereocenters. The van der Waals surface area contributed by atoms with Crippen molar-refractivity contribution < 1.29 is 9.90 Å². The van der Waals surface area contributed by atoms with E-state index in [1.54, 1.807) is 29.5 Å². The first-order valence-electron chi connectivity index (χ1n) is 6.32. The summed E-state index contributed by atoms with van der Waals surface area (Å²) >= 11 is 7.65. The van der Waals surface area contributed by atoms with Crippen molar-refractivity contribution in [3.8, 4) is 0 Å². The molecule has 0 fully saturated rings. The first-order valence-corrected chi connectivity index (χ1v) is 7.58. The zero-order valence-corrected chi connectivity index (χ0v) is 12.8. The topological polar surface area (TPSA) is 49.3 Å². The third kappa shape index (κ3) is 3.14. The van der Waals surface area contributed by atoms with Crippen LogP contribution < -0.4 is 5.32 Å². The first-order chi connectivity index (χ1) is 9.50. The maximum atomic E-state index is 11.4. The fourth-order valence-electron chi connectivity index (χ4n) is 2.06. The van der Waals surface area contributed by atoms with E-state index in [4.69, 9.17) is 11.6 Å². The largest absolute Gasteiger partial charge is 0.478 e. The van der Waals surface area contributed by atoms with E-state index in [1.165, 1.54) is 4.88 Å². The molecule has 1 aromatic heterocycles. The molecule has 20 heavy (non-hydrogen) atoms. The van der Waals surface area contributed by atoms with Crippen molar-refractivity contribution in [1.29, 1.82) is 0 Å². The summed E-state index contributed by atoms with van der Waals surface area (Å²) in [6.07, 6.45) is 0. The lowest BCUT2D eigenvalue weighted by molar-refractivity contribution is 0.0698. The molecule has 2 N–H and O–H groups in total. The average Bonchev–Trinajstić information content (AvgIpc) is 2.88. The smallest absolute Gasteiger partial charge is 0.339 e. The van der Waals surface area contributed by atoms with E-state index in [0.29, 0.717) is 11.6 Å². The van der Waals surface area contributed by atoms with Gasteiger partial charge in [-0.2, -0.15) is 0 Å². The number of rotatable bonds is 5. The molecule has 106 valence electrons. The minimum atomic E-state index is -1.02. The summed E-state index contributed by atoms with van der Waals surface area (Å²) in [5.74, 6) is -0.693. The van der Waals surface area contributed by atoms with Gasteiger partial charge >= 0.3 is 5.97 Å². The number of thiophene rings is 1. The van der Waals surface area contributed by atoms with Crippen molar-refractivity contribution >= 4 is 34.6 Å². The Balaban J connectivity index is 2.37. The molecule has 1 aromatic carbocycles. The Morgan fingerprint density at radius 3 is 2.60 bits per heavy atom. The molecule has 0 amide bonds. The van der Waals surface area contributed by atoms with Crippen LogP contribution >= 0.6 is 22.9 Å². The quantitative estimate of drug-likeness (QED) is 0.825. The lowest BCUT2D eigenvalue weighted by Gasteiger charge is -2.23. The van der Waals surface area contributed by atoms with Crippen LogP contribution in [0.3, 0.4) is 0 Å². The Morgan fingerprint density at radius 1 is 1.30 bits per heavy atom. The molecule has 0 bridgehead atoms. The molecule has 2 aromatic rings. The summed E-state index contributed by atoms with van der Waals surface area (Å²) in [5.41, 5.74) is 0.675. The SMILES string of the molecule is CC(C)C(Nc1cccc(Cl)c1C(=O)O)c1cccs1. The number of carboxylic acid groups (broad SMARTS) is 1. The molecule has 5 heteroatoms. The third-order valence-corrected chi connectivity index (χ3v) is 4.33. The van der Waals surface area contributed by atoms with Crippen molar-refractivity contribution in [2.75, 3.05) is 5.32 Å². The predicted molar refractivity (Wildman–Crippen MR) is 83.9 cm³/mol. The molecule has 0 saturated heterocycles. The summed E-state index contributed by atoms with van der Waals surface area (Å²) in [6, 6.07) is 9.19. The number of benzene rings is 1. The molecular weight excluding hydrogens is 294 g/mol. The molecule has 0 aliphatic carbocycles. The normalized spacial score (nSPS) is 12.4. The van der Waals surface area contributed by atoms with E-state index in [-0.39, 0.29) is 16.6 Å². The second-order valence-electron chi connectivity index (χ2n) is 4.85. The predicted octanol–water partition coefficient (Wildman–Crippen LogP) is 4.91. The van der Waals surface area contributed by atoms with Crippen LogP contribution in [0.4, 0.5) is 5.69 Å². The molecule has 0 aliphatic rings. The van der Waals surface area contributed by atoms with Gasteiger partial charge < -0.3 is 10.4 Å². The third-order valence-electron chi connectivity index (χ3n) is 3.05. The number of hydrogen-bond donors (Lipinski definition) is 2. The molecule has 0 saturated carbocycles. The van der Waals surface area contributed by atoms with Gasteiger partial charge in [0.05, 0.1) is 16.8 Å². The van der Waals surface area contributed by atoms with Crippen molar-refractivity contribution in [3.63, 3.8) is 0 Å². The molecule has 0 radical (unpaired) electrons. The number of carboxylic acids is 1. The highest BCUT2D eigenvalue weighted by Gasteiger charge is 2.21. The van der Waals surface area contributed by atoms with Gasteiger partial charge in [-0.3, -0.25) is 0 Å². The molecule has 0 aliphatic heterocycles. The molecular formula is C15H16ClNO2S. The summed E-state index contributed by atoms with van der Waals surface area (Å²) in [5, 5.41) is 14.9. The number of anilines is 1. The van der Waals surface area contributed by atoms with E-state index >= 15 is 0 Å². The van der Waals surface area contributed by atoms with Crippen LogP contribution in [0.1, 0.15) is 35.1 Å². The van der Waals surface area contributed by atoms with Gasteiger partial charge in [0.1, 0.15) is 5.56 Å². The van der Waals surface area contributed by atoms with Crippen LogP contribution in [0.25, 0.3) is 0 Å². The van der Waals surface area contributed by atoms with Crippen LogP contribution in [0.5, 0.6) is 0 Å². The molecule has 1 atom stereocenters. The molecule has 2 rings (SSSR count). The highest BCUT2D eigenvalue weighted by atomic mass is 35.5. The van der Waals surface area contributed by atoms with E-state index < -0.39 is 5.97 Å². The molecule has 1 heterocycles. The monoisotopic (exact) mass is 309 g/mol. The fourth-order valence-corrected chi connectivity index (χ4v) is 3.27. The first kappa shape index (κ1) is 14.9. The summed E-state index contributed by atoms with van der Waals surface area (Å²) in [4.78, 5) is 12.5. The van der Waals surface area contributed by atoms with Gasteiger partial charge in [0, 0.05) is 4.88 Å².